The van der Waals surface area contributed by atoms with Gasteiger partial charge >= 0.3 is 5.97 Å². The van der Waals surface area contributed by atoms with Gasteiger partial charge in [-0.05, 0) is 65.1 Å². The first-order valence-corrected chi connectivity index (χ1v) is 8.02. The normalized spacial score (nSPS) is 15.1. The Morgan fingerprint density at radius 1 is 1.17 bits per heavy atom. The third-order valence-electron chi connectivity index (χ3n) is 4.07. The molecule has 1 N–H and O–H groups in total. The van der Waals surface area contributed by atoms with Crippen molar-refractivity contribution in [2.75, 3.05) is 0 Å². The van der Waals surface area contributed by atoms with Crippen LogP contribution in [-0.4, -0.2) is 11.1 Å². The molecule has 0 bridgehead atoms. The number of carboxylic acid groups (broad SMARTS) is 1. The fraction of sp³-hybridized carbons (Fsp3) is 0.105. The Hall–Kier alpha value is -2.10. The van der Waals surface area contributed by atoms with Crippen LogP contribution in [0.25, 0.3) is 17.2 Å². The average Bonchev–Trinajstić information content (AvgIpc) is 2.75. The van der Waals surface area contributed by atoms with E-state index in [0.29, 0.717) is 26.7 Å². The van der Waals surface area contributed by atoms with Gasteiger partial charge in [-0.1, -0.05) is 35.3 Å². The molecule has 0 saturated heterocycles. The van der Waals surface area contributed by atoms with E-state index in [4.69, 9.17) is 28.3 Å². The molecule has 122 valence electrons. The lowest BCUT2D eigenvalue weighted by atomic mass is 10.0. The van der Waals surface area contributed by atoms with Gasteiger partial charge in [-0.2, -0.15) is 0 Å². The van der Waals surface area contributed by atoms with Gasteiger partial charge in [-0.25, -0.2) is 4.39 Å². The van der Waals surface area contributed by atoms with E-state index in [1.807, 2.05) is 13.0 Å². The molecule has 0 radical (unpaired) electrons. The minimum atomic E-state index is -0.961. The average molecular weight is 363 g/mol. The van der Waals surface area contributed by atoms with E-state index in [0.717, 1.165) is 16.7 Å². The van der Waals surface area contributed by atoms with Gasteiger partial charge in [-0.15, -0.1) is 0 Å². The van der Waals surface area contributed by atoms with Crippen molar-refractivity contribution in [3.63, 3.8) is 0 Å². The highest BCUT2D eigenvalue weighted by Gasteiger charge is 2.26. The monoisotopic (exact) mass is 362 g/mol. The number of fused-ring (bicyclic) bond motifs is 1. The van der Waals surface area contributed by atoms with Gasteiger partial charge < -0.3 is 5.11 Å². The molecule has 0 aliphatic heterocycles. The Bertz CT molecular complexity index is 893. The zero-order chi connectivity index (χ0) is 17.4. The van der Waals surface area contributed by atoms with Crippen molar-refractivity contribution in [2.45, 2.75) is 13.3 Å². The van der Waals surface area contributed by atoms with Crippen molar-refractivity contribution in [1.82, 2.24) is 0 Å². The molecule has 0 spiro atoms. The molecule has 2 aromatic rings. The Balaban J connectivity index is 2.23. The smallest absolute Gasteiger partial charge is 0.307 e. The van der Waals surface area contributed by atoms with Crippen LogP contribution in [0.5, 0.6) is 0 Å². The van der Waals surface area contributed by atoms with Crippen molar-refractivity contribution in [3.05, 3.63) is 74.5 Å². The molecule has 2 nitrogen and oxygen atoms in total. The number of aliphatic carboxylic acids is 1. The van der Waals surface area contributed by atoms with Gasteiger partial charge in [0.25, 0.3) is 0 Å². The second-order valence-electron chi connectivity index (χ2n) is 5.56. The zero-order valence-electron chi connectivity index (χ0n) is 12.7. The fourth-order valence-electron chi connectivity index (χ4n) is 2.93. The zero-order valence-corrected chi connectivity index (χ0v) is 14.2. The van der Waals surface area contributed by atoms with Crippen molar-refractivity contribution in [1.29, 1.82) is 0 Å². The van der Waals surface area contributed by atoms with Gasteiger partial charge in [0.05, 0.1) is 6.42 Å². The molecule has 2 aromatic carbocycles. The summed E-state index contributed by atoms with van der Waals surface area (Å²) in [4.78, 5) is 11.2. The van der Waals surface area contributed by atoms with Crippen LogP contribution in [0.15, 0.2) is 42.0 Å². The molecule has 24 heavy (non-hydrogen) atoms. The summed E-state index contributed by atoms with van der Waals surface area (Å²) < 4.78 is 13.7. The Kier molecular flexibility index (Phi) is 4.48. The number of halogens is 3. The van der Waals surface area contributed by atoms with Crippen LogP contribution in [0.3, 0.4) is 0 Å². The van der Waals surface area contributed by atoms with Crippen LogP contribution < -0.4 is 0 Å². The second kappa shape index (κ2) is 6.42. The van der Waals surface area contributed by atoms with Gasteiger partial charge in [0.2, 0.25) is 0 Å². The predicted molar refractivity (Wildman–Crippen MR) is 95.6 cm³/mol. The SMILES string of the molecule is CC1=C(CC(=O)O)c2cc(F)ccc2/C1=C/c1c(Cl)cccc1Cl. The topological polar surface area (TPSA) is 37.3 Å². The predicted octanol–water partition coefficient (Wildman–Crippen LogP) is 5.93. The molecule has 0 aromatic heterocycles. The lowest BCUT2D eigenvalue weighted by Crippen LogP contribution is -1.97. The number of carboxylic acids is 1. The molecule has 0 amide bonds. The lowest BCUT2D eigenvalue weighted by molar-refractivity contribution is -0.135. The van der Waals surface area contributed by atoms with Crippen LogP contribution in [0.2, 0.25) is 10.0 Å². The molecule has 1 aliphatic carbocycles. The molecule has 0 unspecified atom stereocenters. The molecule has 3 rings (SSSR count). The quantitative estimate of drug-likeness (QED) is 0.733. The highest BCUT2D eigenvalue weighted by atomic mass is 35.5. The van der Waals surface area contributed by atoms with Crippen molar-refractivity contribution >= 4 is 46.4 Å². The van der Waals surface area contributed by atoms with Crippen LogP contribution >= 0.6 is 23.2 Å². The summed E-state index contributed by atoms with van der Waals surface area (Å²) in [6.07, 6.45) is 1.65. The Morgan fingerprint density at radius 3 is 2.46 bits per heavy atom. The summed E-state index contributed by atoms with van der Waals surface area (Å²) in [6.45, 7) is 1.83. The molecular weight excluding hydrogens is 350 g/mol. The Morgan fingerprint density at radius 2 is 1.83 bits per heavy atom. The highest BCUT2D eigenvalue weighted by molar-refractivity contribution is 6.37. The number of benzene rings is 2. The van der Waals surface area contributed by atoms with Crippen LogP contribution in [0.4, 0.5) is 4.39 Å². The van der Waals surface area contributed by atoms with Crippen LogP contribution in [0.1, 0.15) is 30.0 Å². The van der Waals surface area contributed by atoms with E-state index in [-0.39, 0.29) is 6.42 Å². The van der Waals surface area contributed by atoms with Crippen molar-refractivity contribution in [3.8, 4) is 0 Å². The van der Waals surface area contributed by atoms with Gasteiger partial charge in [0, 0.05) is 15.6 Å². The number of hydrogen-bond acceptors (Lipinski definition) is 1. The summed E-state index contributed by atoms with van der Waals surface area (Å²) in [5.74, 6) is -1.36. The summed E-state index contributed by atoms with van der Waals surface area (Å²) >= 11 is 12.5. The van der Waals surface area contributed by atoms with E-state index in [9.17, 15) is 9.18 Å². The van der Waals surface area contributed by atoms with E-state index in [1.165, 1.54) is 12.1 Å². The standard InChI is InChI=1S/C19H13Cl2FO2/c1-10-13(8-16-17(20)3-2-4-18(16)21)12-6-5-11(22)7-15(12)14(10)9-19(23)24/h2-8H,9H2,1H3,(H,23,24)/b13-8+. The minimum absolute atomic E-state index is 0.171. The highest BCUT2D eigenvalue weighted by Crippen LogP contribution is 2.44. The summed E-state index contributed by atoms with van der Waals surface area (Å²) in [6, 6.07) is 9.60. The van der Waals surface area contributed by atoms with Gasteiger partial charge in [-0.3, -0.25) is 4.79 Å². The number of rotatable bonds is 3. The van der Waals surface area contributed by atoms with E-state index < -0.39 is 11.8 Å². The summed E-state index contributed by atoms with van der Waals surface area (Å²) in [5.41, 5.74) is 4.23. The molecular formula is C19H13Cl2FO2. The van der Waals surface area contributed by atoms with Crippen LogP contribution in [-0.2, 0) is 4.79 Å². The van der Waals surface area contributed by atoms with Gasteiger partial charge in [0.15, 0.2) is 0 Å². The maximum Gasteiger partial charge on any atom is 0.307 e. The summed E-state index contributed by atoms with van der Waals surface area (Å²) in [7, 11) is 0. The minimum Gasteiger partial charge on any atom is -0.481 e. The molecule has 0 heterocycles. The van der Waals surface area contributed by atoms with E-state index in [2.05, 4.69) is 0 Å². The van der Waals surface area contributed by atoms with E-state index >= 15 is 0 Å². The van der Waals surface area contributed by atoms with Crippen molar-refractivity contribution < 1.29 is 14.3 Å². The molecule has 0 fully saturated rings. The lowest BCUT2D eigenvalue weighted by Gasteiger charge is -2.07. The maximum absolute atomic E-state index is 13.7. The molecule has 0 atom stereocenters. The second-order valence-corrected chi connectivity index (χ2v) is 6.37. The summed E-state index contributed by atoms with van der Waals surface area (Å²) in [5, 5.41) is 10.2. The van der Waals surface area contributed by atoms with Crippen molar-refractivity contribution in [2.24, 2.45) is 0 Å². The molecule has 1 aliphatic rings. The number of allylic oxidation sites excluding steroid dienone is 2. The fourth-order valence-corrected chi connectivity index (χ4v) is 3.43. The van der Waals surface area contributed by atoms with Crippen LogP contribution in [0, 0.1) is 5.82 Å². The maximum atomic E-state index is 13.7. The molecule has 5 heteroatoms. The first-order valence-electron chi connectivity index (χ1n) is 7.26. The third kappa shape index (κ3) is 2.97. The number of hydrogen-bond donors (Lipinski definition) is 1. The first-order chi connectivity index (χ1) is 11.4. The van der Waals surface area contributed by atoms with Gasteiger partial charge in [0.1, 0.15) is 5.82 Å². The largest absolute Gasteiger partial charge is 0.481 e. The molecule has 0 saturated carbocycles. The Labute approximate surface area is 148 Å². The number of carbonyl (C=O) groups is 1. The third-order valence-corrected chi connectivity index (χ3v) is 4.73. The first kappa shape index (κ1) is 16.7. The van der Waals surface area contributed by atoms with E-state index in [1.54, 1.807) is 24.3 Å².